The molecule has 0 radical (unpaired) electrons. The Morgan fingerprint density at radius 1 is 0.812 bits per heavy atom. The molecule has 0 unspecified atom stereocenters. The van der Waals surface area contributed by atoms with Gasteiger partial charge in [0, 0.05) is 12.8 Å². The third-order valence-corrected chi connectivity index (χ3v) is 0.880. The minimum Gasteiger partial charge on any atom is -0.473 e. The molecule has 0 bridgehead atoms. The van der Waals surface area contributed by atoms with Crippen LogP contribution in [0.3, 0.4) is 0 Å². The molecule has 0 aromatic rings. The summed E-state index contributed by atoms with van der Waals surface area (Å²) in [5, 5.41) is 14.8. The van der Waals surface area contributed by atoms with Crippen LogP contribution in [0.2, 0.25) is 0 Å². The van der Waals surface area contributed by atoms with Gasteiger partial charge in [0.2, 0.25) is 11.8 Å². The summed E-state index contributed by atoms with van der Waals surface area (Å²) in [7, 11) is 0. The Morgan fingerprint density at radius 2 is 0.938 bits per heavy atom. The molecule has 0 saturated heterocycles. The van der Waals surface area contributed by atoms with Crippen LogP contribution in [0.15, 0.2) is 0 Å². The Hall–Kier alpha value is -2.12. The molecule has 0 aromatic carbocycles. The fourth-order valence-corrected chi connectivity index (χ4v) is 0. The van der Waals surface area contributed by atoms with E-state index in [1.54, 1.807) is 13.8 Å². The van der Waals surface area contributed by atoms with Crippen LogP contribution < -0.4 is 11.5 Å². The Kier molecular flexibility index (Phi) is 15.7. The highest BCUT2D eigenvalue weighted by Gasteiger charge is 2.04. The first-order chi connectivity index (χ1) is 7.18. The van der Waals surface area contributed by atoms with Crippen LogP contribution >= 0.6 is 0 Å². The molecule has 6 N–H and O–H groups in total. The summed E-state index contributed by atoms with van der Waals surface area (Å²) in [6, 6.07) is 0. The second-order valence-corrected chi connectivity index (χ2v) is 2.25. The minimum atomic E-state index is -1.82. The molecule has 0 aliphatic carbocycles. The monoisotopic (exact) mass is 236 g/mol. The van der Waals surface area contributed by atoms with E-state index < -0.39 is 11.9 Å². The van der Waals surface area contributed by atoms with Crippen molar-refractivity contribution in [1.82, 2.24) is 0 Å². The molecular weight excluding hydrogens is 220 g/mol. The SMILES string of the molecule is CCC(N)=O.CCC(N)=O.O=C(O)C(=O)O. The summed E-state index contributed by atoms with van der Waals surface area (Å²) in [5.41, 5.74) is 9.31. The molecule has 0 rings (SSSR count). The first-order valence-corrected chi connectivity index (χ1v) is 4.21. The molecule has 0 fully saturated rings. The number of carbonyl (C=O) groups is 4. The molecule has 0 atom stereocenters. The summed E-state index contributed by atoms with van der Waals surface area (Å²) >= 11 is 0. The van der Waals surface area contributed by atoms with Crippen molar-refractivity contribution >= 4 is 23.8 Å². The van der Waals surface area contributed by atoms with Gasteiger partial charge in [0.05, 0.1) is 0 Å². The lowest BCUT2D eigenvalue weighted by Crippen LogP contribution is -2.09. The number of carboxylic acids is 2. The van der Waals surface area contributed by atoms with E-state index in [0.29, 0.717) is 12.8 Å². The largest absolute Gasteiger partial charge is 0.473 e. The number of nitrogens with two attached hydrogens (primary N) is 2. The highest BCUT2D eigenvalue weighted by Crippen LogP contribution is 1.63. The van der Waals surface area contributed by atoms with Crippen LogP contribution in [0.1, 0.15) is 26.7 Å². The van der Waals surface area contributed by atoms with Crippen molar-refractivity contribution in [2.75, 3.05) is 0 Å². The number of primary amides is 2. The minimum absolute atomic E-state index is 0.245. The van der Waals surface area contributed by atoms with Gasteiger partial charge in [0.15, 0.2) is 0 Å². The Balaban J connectivity index is -0.000000160. The lowest BCUT2D eigenvalue weighted by Gasteiger charge is -1.73. The van der Waals surface area contributed by atoms with E-state index in [-0.39, 0.29) is 11.8 Å². The van der Waals surface area contributed by atoms with Crippen LogP contribution in [0, 0.1) is 0 Å². The van der Waals surface area contributed by atoms with Crippen LogP contribution in [0.4, 0.5) is 0 Å². The van der Waals surface area contributed by atoms with Gasteiger partial charge in [-0.3, -0.25) is 9.59 Å². The molecule has 0 aliphatic rings. The van der Waals surface area contributed by atoms with E-state index in [1.807, 2.05) is 0 Å². The van der Waals surface area contributed by atoms with E-state index in [0.717, 1.165) is 0 Å². The van der Waals surface area contributed by atoms with Gasteiger partial charge < -0.3 is 21.7 Å². The van der Waals surface area contributed by atoms with E-state index in [1.165, 1.54) is 0 Å². The molecule has 8 heteroatoms. The quantitative estimate of drug-likeness (QED) is 0.446. The summed E-state index contributed by atoms with van der Waals surface area (Å²) in [5.74, 6) is -4.14. The van der Waals surface area contributed by atoms with E-state index in [4.69, 9.17) is 19.8 Å². The van der Waals surface area contributed by atoms with Gasteiger partial charge in [-0.1, -0.05) is 13.8 Å². The molecule has 0 aliphatic heterocycles. The van der Waals surface area contributed by atoms with Gasteiger partial charge in [-0.2, -0.15) is 0 Å². The lowest BCUT2D eigenvalue weighted by molar-refractivity contribution is -0.159. The number of carbonyl (C=O) groups excluding carboxylic acids is 2. The maximum atomic E-state index is 9.59. The fraction of sp³-hybridized carbons (Fsp3) is 0.500. The summed E-state index contributed by atoms with van der Waals surface area (Å²) in [6.07, 6.45) is 0.889. The predicted octanol–water partition coefficient (Wildman–Crippen LogP) is -1.08. The maximum Gasteiger partial charge on any atom is 0.414 e. The Bertz CT molecular complexity index is 225. The first kappa shape index (κ1) is 19.5. The molecule has 8 nitrogen and oxygen atoms in total. The molecule has 0 aromatic heterocycles. The molecule has 2 amide bonds. The number of rotatable bonds is 2. The van der Waals surface area contributed by atoms with Gasteiger partial charge in [0.1, 0.15) is 0 Å². The molecule has 94 valence electrons. The molecule has 0 spiro atoms. The zero-order chi connectivity index (χ0) is 13.7. The highest BCUT2D eigenvalue weighted by atomic mass is 16.4. The van der Waals surface area contributed by atoms with Crippen molar-refractivity contribution in [3.05, 3.63) is 0 Å². The third kappa shape index (κ3) is 40.7. The smallest absolute Gasteiger partial charge is 0.414 e. The van der Waals surface area contributed by atoms with Crippen molar-refractivity contribution in [3.8, 4) is 0 Å². The number of amides is 2. The lowest BCUT2D eigenvalue weighted by atomic mass is 10.5. The topological polar surface area (TPSA) is 161 Å². The zero-order valence-electron chi connectivity index (χ0n) is 9.10. The number of hydrogen-bond acceptors (Lipinski definition) is 4. The molecular formula is C8H16N2O6. The number of aliphatic carboxylic acids is 2. The van der Waals surface area contributed by atoms with Crippen LogP contribution in [0.25, 0.3) is 0 Å². The standard InChI is InChI=1S/2C3H7NO.C2H2O4/c2*1-2-3(4)5;3-1(4)2(5)6/h2*2H2,1H3,(H2,4,5);(H,3,4)(H,5,6). The fourth-order valence-electron chi connectivity index (χ4n) is 0. The third-order valence-electron chi connectivity index (χ3n) is 0.880. The van der Waals surface area contributed by atoms with E-state index in [9.17, 15) is 9.59 Å². The van der Waals surface area contributed by atoms with Crippen molar-refractivity contribution in [2.45, 2.75) is 26.7 Å². The summed E-state index contributed by atoms with van der Waals surface area (Å²) < 4.78 is 0. The second kappa shape index (κ2) is 12.9. The first-order valence-electron chi connectivity index (χ1n) is 4.21. The van der Waals surface area contributed by atoms with Crippen LogP contribution in [-0.4, -0.2) is 34.0 Å². The van der Waals surface area contributed by atoms with Gasteiger partial charge in [-0.25, -0.2) is 9.59 Å². The molecule has 16 heavy (non-hydrogen) atoms. The average molecular weight is 236 g/mol. The molecule has 0 heterocycles. The summed E-state index contributed by atoms with van der Waals surface area (Å²) in [4.78, 5) is 37.4. The number of hydrogen-bond donors (Lipinski definition) is 4. The molecule has 0 saturated carbocycles. The summed E-state index contributed by atoms with van der Waals surface area (Å²) in [6.45, 7) is 3.45. The maximum absolute atomic E-state index is 9.59. The van der Waals surface area contributed by atoms with E-state index in [2.05, 4.69) is 11.5 Å². The number of carboxylic acid groups (broad SMARTS) is 2. The predicted molar refractivity (Wildman–Crippen MR) is 54.2 cm³/mol. The van der Waals surface area contributed by atoms with Gasteiger partial charge in [-0.05, 0) is 0 Å². The van der Waals surface area contributed by atoms with Crippen LogP contribution in [-0.2, 0) is 19.2 Å². The van der Waals surface area contributed by atoms with Crippen molar-refractivity contribution < 1.29 is 29.4 Å². The van der Waals surface area contributed by atoms with Crippen molar-refractivity contribution in [3.63, 3.8) is 0 Å². The van der Waals surface area contributed by atoms with Crippen LogP contribution in [0.5, 0.6) is 0 Å². The zero-order valence-corrected chi connectivity index (χ0v) is 9.10. The Labute approximate surface area is 92.2 Å². The Morgan fingerprint density at radius 3 is 0.938 bits per heavy atom. The van der Waals surface area contributed by atoms with Gasteiger partial charge in [0.25, 0.3) is 0 Å². The average Bonchev–Trinajstić information content (AvgIpc) is 2.19. The highest BCUT2D eigenvalue weighted by molar-refractivity contribution is 6.27. The normalized spacial score (nSPS) is 7.38. The van der Waals surface area contributed by atoms with Gasteiger partial charge >= 0.3 is 11.9 Å². The second-order valence-electron chi connectivity index (χ2n) is 2.25. The van der Waals surface area contributed by atoms with E-state index >= 15 is 0 Å². The van der Waals surface area contributed by atoms with Crippen molar-refractivity contribution in [2.24, 2.45) is 11.5 Å². The van der Waals surface area contributed by atoms with Crippen molar-refractivity contribution in [1.29, 1.82) is 0 Å². The van der Waals surface area contributed by atoms with Gasteiger partial charge in [-0.15, -0.1) is 0 Å².